The minimum atomic E-state index is 0.436. The molecule has 0 saturated heterocycles. The number of carbonyl (C=O) groups excluding carboxylic acids is 1. The standard InChI is InChI=1S/C11H14O/c1-2-8-3-4-9-5-6-10(12)7-11(8)9/h9,11H,1,3-7H2/t9-,11-/m1/s1. The van der Waals surface area contributed by atoms with Gasteiger partial charge in [0.05, 0.1) is 0 Å². The normalized spacial score (nSPS) is 34.7. The molecule has 1 heteroatoms. The second-order valence-electron chi connectivity index (χ2n) is 3.89. The van der Waals surface area contributed by atoms with E-state index >= 15 is 0 Å². The molecular weight excluding hydrogens is 148 g/mol. The fraction of sp³-hybridized carbons (Fsp3) is 0.636. The lowest BCUT2D eigenvalue weighted by Crippen LogP contribution is -2.21. The molecule has 2 rings (SSSR count). The van der Waals surface area contributed by atoms with Crippen LogP contribution in [0.4, 0.5) is 0 Å². The van der Waals surface area contributed by atoms with Crippen molar-refractivity contribution in [3.05, 3.63) is 17.9 Å². The lowest BCUT2D eigenvalue weighted by Gasteiger charge is -2.23. The zero-order valence-corrected chi connectivity index (χ0v) is 7.31. The van der Waals surface area contributed by atoms with E-state index in [1.807, 2.05) is 0 Å². The maximum atomic E-state index is 11.2. The maximum Gasteiger partial charge on any atom is 0.133 e. The van der Waals surface area contributed by atoms with Gasteiger partial charge in [0.1, 0.15) is 5.78 Å². The molecule has 0 aromatic rings. The summed E-state index contributed by atoms with van der Waals surface area (Å²) in [6, 6.07) is 0. The van der Waals surface area contributed by atoms with Crippen LogP contribution < -0.4 is 0 Å². The predicted octanol–water partition coefficient (Wildman–Crippen LogP) is 2.48. The van der Waals surface area contributed by atoms with Gasteiger partial charge < -0.3 is 0 Å². The van der Waals surface area contributed by atoms with E-state index in [0.717, 1.165) is 31.6 Å². The van der Waals surface area contributed by atoms with E-state index in [1.165, 1.54) is 12.0 Å². The molecule has 0 bridgehead atoms. The van der Waals surface area contributed by atoms with Crippen molar-refractivity contribution < 1.29 is 4.79 Å². The molecule has 64 valence electrons. The largest absolute Gasteiger partial charge is 0.300 e. The van der Waals surface area contributed by atoms with Crippen LogP contribution >= 0.6 is 0 Å². The topological polar surface area (TPSA) is 17.1 Å². The van der Waals surface area contributed by atoms with Gasteiger partial charge in [-0.25, -0.2) is 0 Å². The molecule has 2 atom stereocenters. The minimum Gasteiger partial charge on any atom is -0.300 e. The Morgan fingerprint density at radius 1 is 1.33 bits per heavy atom. The molecular formula is C11H14O. The summed E-state index contributed by atoms with van der Waals surface area (Å²) < 4.78 is 0. The molecule has 0 amide bonds. The number of hydrogen-bond acceptors (Lipinski definition) is 1. The van der Waals surface area contributed by atoms with Crippen LogP contribution in [-0.4, -0.2) is 5.78 Å². The van der Waals surface area contributed by atoms with Gasteiger partial charge in [0.25, 0.3) is 0 Å². The van der Waals surface area contributed by atoms with Crippen molar-refractivity contribution in [2.24, 2.45) is 11.8 Å². The molecule has 2 saturated carbocycles. The van der Waals surface area contributed by atoms with E-state index in [9.17, 15) is 4.79 Å². The summed E-state index contributed by atoms with van der Waals surface area (Å²) in [6.07, 6.45) is 5.07. The molecule has 0 unspecified atom stereocenters. The van der Waals surface area contributed by atoms with E-state index in [-0.39, 0.29) is 0 Å². The van der Waals surface area contributed by atoms with Gasteiger partial charge in [0, 0.05) is 12.8 Å². The summed E-state index contributed by atoms with van der Waals surface area (Å²) in [5.74, 6) is 1.72. The van der Waals surface area contributed by atoms with E-state index in [0.29, 0.717) is 11.7 Å². The fourth-order valence-electron chi connectivity index (χ4n) is 2.56. The predicted molar refractivity (Wildman–Crippen MR) is 47.7 cm³/mol. The third kappa shape index (κ3) is 1.15. The number of Topliss-reactive ketones (excluding diaryl/α,β-unsaturated/α-hetero) is 1. The first-order chi connectivity index (χ1) is 5.81. The van der Waals surface area contributed by atoms with Gasteiger partial charge in [-0.3, -0.25) is 4.79 Å². The van der Waals surface area contributed by atoms with Gasteiger partial charge in [-0.2, -0.15) is 0 Å². The molecule has 2 aliphatic carbocycles. The average Bonchev–Trinajstić information content (AvgIpc) is 2.46. The van der Waals surface area contributed by atoms with Crippen molar-refractivity contribution in [2.45, 2.75) is 32.1 Å². The van der Waals surface area contributed by atoms with Crippen LogP contribution in [0.25, 0.3) is 0 Å². The van der Waals surface area contributed by atoms with Crippen molar-refractivity contribution in [2.75, 3.05) is 0 Å². The lowest BCUT2D eigenvalue weighted by atomic mass is 9.80. The first kappa shape index (κ1) is 7.82. The van der Waals surface area contributed by atoms with E-state index < -0.39 is 0 Å². The summed E-state index contributed by atoms with van der Waals surface area (Å²) >= 11 is 0. The summed E-state index contributed by atoms with van der Waals surface area (Å²) in [7, 11) is 0. The first-order valence-corrected chi connectivity index (χ1v) is 4.72. The lowest BCUT2D eigenvalue weighted by molar-refractivity contribution is -0.121. The first-order valence-electron chi connectivity index (χ1n) is 4.72. The van der Waals surface area contributed by atoms with E-state index in [4.69, 9.17) is 0 Å². The minimum absolute atomic E-state index is 0.436. The quantitative estimate of drug-likeness (QED) is 0.500. The van der Waals surface area contributed by atoms with Gasteiger partial charge in [-0.15, -0.1) is 5.73 Å². The highest BCUT2D eigenvalue weighted by atomic mass is 16.1. The third-order valence-electron chi connectivity index (χ3n) is 3.27. The number of hydrogen-bond donors (Lipinski definition) is 0. The Bertz CT molecular complexity index is 258. The smallest absolute Gasteiger partial charge is 0.133 e. The molecule has 0 aromatic carbocycles. The zero-order chi connectivity index (χ0) is 8.55. The van der Waals surface area contributed by atoms with Crippen LogP contribution in [0.1, 0.15) is 32.1 Å². The molecule has 0 aliphatic heterocycles. The van der Waals surface area contributed by atoms with Crippen molar-refractivity contribution in [1.82, 2.24) is 0 Å². The van der Waals surface area contributed by atoms with Gasteiger partial charge in [-0.1, -0.05) is 6.58 Å². The van der Waals surface area contributed by atoms with Gasteiger partial charge in [0.15, 0.2) is 0 Å². The van der Waals surface area contributed by atoms with Crippen molar-refractivity contribution >= 4 is 5.78 Å². The van der Waals surface area contributed by atoms with Crippen LogP contribution in [-0.2, 0) is 4.79 Å². The second-order valence-corrected chi connectivity index (χ2v) is 3.89. The van der Waals surface area contributed by atoms with Crippen LogP contribution in [0.15, 0.2) is 17.9 Å². The monoisotopic (exact) mass is 162 g/mol. The molecule has 0 heterocycles. The molecule has 2 fully saturated rings. The second kappa shape index (κ2) is 2.91. The maximum absolute atomic E-state index is 11.2. The van der Waals surface area contributed by atoms with Crippen molar-refractivity contribution in [3.63, 3.8) is 0 Å². The molecule has 2 aliphatic rings. The van der Waals surface area contributed by atoms with Crippen LogP contribution in [0.3, 0.4) is 0 Å². The molecule has 12 heavy (non-hydrogen) atoms. The van der Waals surface area contributed by atoms with Crippen LogP contribution in [0.2, 0.25) is 0 Å². The number of allylic oxidation sites excluding steroid dienone is 1. The Labute approximate surface area is 73.2 Å². The number of fused-ring (bicyclic) bond motifs is 1. The third-order valence-corrected chi connectivity index (χ3v) is 3.27. The van der Waals surface area contributed by atoms with Gasteiger partial charge in [-0.05, 0) is 36.7 Å². The van der Waals surface area contributed by atoms with Crippen LogP contribution in [0.5, 0.6) is 0 Å². The van der Waals surface area contributed by atoms with E-state index in [2.05, 4.69) is 12.3 Å². The molecule has 0 radical (unpaired) electrons. The highest BCUT2D eigenvalue weighted by molar-refractivity contribution is 5.80. The molecule has 0 N–H and O–H groups in total. The Balaban J connectivity index is 2.20. The van der Waals surface area contributed by atoms with Crippen LogP contribution in [0, 0.1) is 11.8 Å². The highest BCUT2D eigenvalue weighted by Gasteiger charge is 2.35. The highest BCUT2D eigenvalue weighted by Crippen LogP contribution is 2.43. The molecule has 0 aromatic heterocycles. The summed E-state index contributed by atoms with van der Waals surface area (Å²) in [4.78, 5) is 11.2. The van der Waals surface area contributed by atoms with Crippen molar-refractivity contribution in [3.8, 4) is 0 Å². The SMILES string of the molecule is C=C=C1CC[C@@H]2CCC(=O)C[C@H]12. The van der Waals surface area contributed by atoms with Gasteiger partial charge in [0.2, 0.25) is 0 Å². The Morgan fingerprint density at radius 3 is 2.83 bits per heavy atom. The average molecular weight is 162 g/mol. The Morgan fingerprint density at radius 2 is 2.08 bits per heavy atom. The Hall–Kier alpha value is -0.810. The van der Waals surface area contributed by atoms with E-state index in [1.54, 1.807) is 0 Å². The van der Waals surface area contributed by atoms with Crippen molar-refractivity contribution in [1.29, 1.82) is 0 Å². The number of ketones is 1. The number of rotatable bonds is 0. The summed E-state index contributed by atoms with van der Waals surface area (Å²) in [6.45, 7) is 3.69. The van der Waals surface area contributed by atoms with Gasteiger partial charge >= 0.3 is 0 Å². The fourth-order valence-corrected chi connectivity index (χ4v) is 2.56. The number of carbonyl (C=O) groups is 1. The Kier molecular flexibility index (Phi) is 1.90. The summed E-state index contributed by atoms with van der Waals surface area (Å²) in [5, 5.41) is 0. The molecule has 0 spiro atoms. The molecule has 1 nitrogen and oxygen atoms in total. The zero-order valence-electron chi connectivity index (χ0n) is 7.31. The summed E-state index contributed by atoms with van der Waals surface area (Å²) in [5.41, 5.74) is 4.31.